The summed E-state index contributed by atoms with van der Waals surface area (Å²) < 4.78 is 5.20. The Hall–Kier alpha value is -0.570. The standard InChI is InChI=1S/C15H29NO2/c1-6-16(7-2)15(12-13(17)18-8-3)11-9-10-14(15,4)5/h6-12H2,1-5H3. The van der Waals surface area contributed by atoms with Gasteiger partial charge < -0.3 is 4.74 Å². The lowest BCUT2D eigenvalue weighted by atomic mass is 9.71. The van der Waals surface area contributed by atoms with Crippen LogP contribution in [-0.4, -0.2) is 36.1 Å². The maximum Gasteiger partial charge on any atom is 0.307 e. The summed E-state index contributed by atoms with van der Waals surface area (Å²) in [6, 6.07) is 0. The first kappa shape index (κ1) is 15.5. The maximum absolute atomic E-state index is 12.0. The second kappa shape index (κ2) is 6.05. The van der Waals surface area contributed by atoms with Crippen LogP contribution < -0.4 is 0 Å². The summed E-state index contributed by atoms with van der Waals surface area (Å²) in [7, 11) is 0. The molecule has 0 aliphatic heterocycles. The summed E-state index contributed by atoms with van der Waals surface area (Å²) >= 11 is 0. The fraction of sp³-hybridized carbons (Fsp3) is 0.933. The van der Waals surface area contributed by atoms with Gasteiger partial charge in [0.1, 0.15) is 0 Å². The van der Waals surface area contributed by atoms with Crippen molar-refractivity contribution in [1.29, 1.82) is 0 Å². The van der Waals surface area contributed by atoms with E-state index in [0.29, 0.717) is 13.0 Å². The topological polar surface area (TPSA) is 29.5 Å². The summed E-state index contributed by atoms with van der Waals surface area (Å²) in [4.78, 5) is 14.4. The summed E-state index contributed by atoms with van der Waals surface area (Å²) in [5, 5.41) is 0. The molecule has 1 rings (SSSR count). The maximum atomic E-state index is 12.0. The highest BCUT2D eigenvalue weighted by Crippen LogP contribution is 2.51. The van der Waals surface area contributed by atoms with E-state index in [-0.39, 0.29) is 16.9 Å². The summed E-state index contributed by atoms with van der Waals surface area (Å²) in [5.41, 5.74) is 0.175. The Morgan fingerprint density at radius 1 is 1.17 bits per heavy atom. The van der Waals surface area contributed by atoms with E-state index in [2.05, 4.69) is 32.6 Å². The third kappa shape index (κ3) is 2.71. The number of ether oxygens (including phenoxy) is 1. The molecule has 0 aromatic rings. The monoisotopic (exact) mass is 255 g/mol. The number of carbonyl (C=O) groups is 1. The zero-order valence-electron chi connectivity index (χ0n) is 12.7. The lowest BCUT2D eigenvalue weighted by molar-refractivity contribution is -0.149. The zero-order valence-corrected chi connectivity index (χ0v) is 12.7. The summed E-state index contributed by atoms with van der Waals surface area (Å²) in [5.74, 6) is -0.0422. The average Bonchev–Trinajstić information content (AvgIpc) is 2.57. The molecular weight excluding hydrogens is 226 g/mol. The van der Waals surface area contributed by atoms with Crippen LogP contribution in [0.3, 0.4) is 0 Å². The summed E-state index contributed by atoms with van der Waals surface area (Å²) in [6.07, 6.45) is 4.06. The van der Waals surface area contributed by atoms with Gasteiger partial charge >= 0.3 is 5.97 Å². The van der Waals surface area contributed by atoms with Crippen LogP contribution in [0.1, 0.15) is 60.3 Å². The molecule has 1 saturated carbocycles. The van der Waals surface area contributed by atoms with E-state index in [4.69, 9.17) is 4.74 Å². The van der Waals surface area contributed by atoms with Gasteiger partial charge in [-0.05, 0) is 38.3 Å². The van der Waals surface area contributed by atoms with Crippen molar-refractivity contribution < 1.29 is 9.53 Å². The third-order valence-corrected chi connectivity index (χ3v) is 4.76. The lowest BCUT2D eigenvalue weighted by Gasteiger charge is -2.49. The molecule has 0 radical (unpaired) electrons. The smallest absolute Gasteiger partial charge is 0.307 e. The van der Waals surface area contributed by atoms with Gasteiger partial charge in [-0.15, -0.1) is 0 Å². The first-order valence-electron chi connectivity index (χ1n) is 7.34. The highest BCUT2D eigenvalue weighted by molar-refractivity contribution is 5.71. The van der Waals surface area contributed by atoms with Gasteiger partial charge in [0.15, 0.2) is 0 Å². The number of hydrogen-bond acceptors (Lipinski definition) is 3. The normalized spacial score (nSPS) is 26.6. The van der Waals surface area contributed by atoms with Crippen LogP contribution in [0.15, 0.2) is 0 Å². The fourth-order valence-corrected chi connectivity index (χ4v) is 3.70. The molecule has 0 spiro atoms. The van der Waals surface area contributed by atoms with Crippen molar-refractivity contribution in [3.05, 3.63) is 0 Å². The van der Waals surface area contributed by atoms with Crippen LogP contribution in [0.4, 0.5) is 0 Å². The summed E-state index contributed by atoms with van der Waals surface area (Å²) in [6.45, 7) is 13.3. The molecule has 3 nitrogen and oxygen atoms in total. The Morgan fingerprint density at radius 2 is 1.78 bits per heavy atom. The molecule has 0 saturated heterocycles. The van der Waals surface area contributed by atoms with Gasteiger partial charge in [0.25, 0.3) is 0 Å². The molecule has 106 valence electrons. The molecule has 0 aromatic heterocycles. The molecule has 0 aromatic carbocycles. The number of nitrogens with zero attached hydrogens (tertiary/aromatic N) is 1. The van der Waals surface area contributed by atoms with Gasteiger partial charge in [-0.2, -0.15) is 0 Å². The predicted octanol–water partition coefficient (Wildman–Crippen LogP) is 3.23. The molecule has 0 amide bonds. The minimum Gasteiger partial charge on any atom is -0.466 e. The Bertz CT molecular complexity index is 284. The number of carbonyl (C=O) groups excluding carboxylic acids is 1. The number of esters is 1. The van der Waals surface area contributed by atoms with E-state index < -0.39 is 0 Å². The van der Waals surface area contributed by atoms with E-state index in [9.17, 15) is 4.79 Å². The molecular formula is C15H29NO2. The van der Waals surface area contributed by atoms with Crippen molar-refractivity contribution in [3.63, 3.8) is 0 Å². The van der Waals surface area contributed by atoms with Crippen LogP contribution >= 0.6 is 0 Å². The largest absolute Gasteiger partial charge is 0.466 e. The molecule has 0 N–H and O–H groups in total. The van der Waals surface area contributed by atoms with Gasteiger partial charge in [0, 0.05) is 5.54 Å². The van der Waals surface area contributed by atoms with Crippen molar-refractivity contribution in [3.8, 4) is 0 Å². The van der Waals surface area contributed by atoms with Gasteiger partial charge in [-0.25, -0.2) is 0 Å². The highest BCUT2D eigenvalue weighted by Gasteiger charge is 2.52. The van der Waals surface area contributed by atoms with Crippen LogP contribution in [0.5, 0.6) is 0 Å². The van der Waals surface area contributed by atoms with E-state index in [0.717, 1.165) is 19.5 Å². The SMILES string of the molecule is CCOC(=O)CC1(N(CC)CC)CCCC1(C)C. The van der Waals surface area contributed by atoms with Crippen molar-refractivity contribution in [2.45, 2.75) is 65.8 Å². The number of hydrogen-bond donors (Lipinski definition) is 0. The highest BCUT2D eigenvalue weighted by atomic mass is 16.5. The zero-order chi connectivity index (χ0) is 13.8. The number of rotatable bonds is 6. The fourth-order valence-electron chi connectivity index (χ4n) is 3.70. The second-order valence-electron chi connectivity index (χ2n) is 5.92. The van der Waals surface area contributed by atoms with Crippen molar-refractivity contribution in [1.82, 2.24) is 4.90 Å². The predicted molar refractivity (Wildman–Crippen MR) is 74.5 cm³/mol. The average molecular weight is 255 g/mol. The molecule has 1 fully saturated rings. The molecule has 3 heteroatoms. The van der Waals surface area contributed by atoms with Gasteiger partial charge in [-0.1, -0.05) is 34.1 Å². The Kier molecular flexibility index (Phi) is 5.20. The van der Waals surface area contributed by atoms with Crippen molar-refractivity contribution in [2.24, 2.45) is 5.41 Å². The molecule has 1 aliphatic carbocycles. The van der Waals surface area contributed by atoms with Crippen molar-refractivity contribution in [2.75, 3.05) is 19.7 Å². The van der Waals surface area contributed by atoms with E-state index in [1.54, 1.807) is 0 Å². The quantitative estimate of drug-likeness (QED) is 0.682. The Morgan fingerprint density at radius 3 is 2.17 bits per heavy atom. The Balaban J connectivity index is 2.98. The molecule has 1 unspecified atom stereocenters. The first-order valence-corrected chi connectivity index (χ1v) is 7.34. The Labute approximate surface area is 112 Å². The third-order valence-electron chi connectivity index (χ3n) is 4.76. The van der Waals surface area contributed by atoms with Gasteiger partial charge in [-0.3, -0.25) is 9.69 Å². The van der Waals surface area contributed by atoms with Crippen molar-refractivity contribution >= 4 is 5.97 Å². The van der Waals surface area contributed by atoms with E-state index in [1.165, 1.54) is 12.8 Å². The molecule has 0 bridgehead atoms. The molecule has 18 heavy (non-hydrogen) atoms. The minimum absolute atomic E-state index is 0.0112. The molecule has 1 atom stereocenters. The lowest BCUT2D eigenvalue weighted by Crippen LogP contribution is -2.56. The van der Waals surface area contributed by atoms with E-state index in [1.807, 2.05) is 6.92 Å². The van der Waals surface area contributed by atoms with Gasteiger partial charge in [0.05, 0.1) is 13.0 Å². The van der Waals surface area contributed by atoms with Crippen LogP contribution in [-0.2, 0) is 9.53 Å². The van der Waals surface area contributed by atoms with Crippen LogP contribution in [0.25, 0.3) is 0 Å². The minimum atomic E-state index is -0.0422. The van der Waals surface area contributed by atoms with Gasteiger partial charge in [0.2, 0.25) is 0 Å². The first-order chi connectivity index (χ1) is 8.43. The van der Waals surface area contributed by atoms with E-state index >= 15 is 0 Å². The second-order valence-corrected chi connectivity index (χ2v) is 5.92. The molecule has 0 heterocycles. The van der Waals surface area contributed by atoms with Crippen LogP contribution in [0.2, 0.25) is 0 Å². The van der Waals surface area contributed by atoms with Crippen LogP contribution in [0, 0.1) is 5.41 Å². The molecule has 1 aliphatic rings.